The Morgan fingerprint density at radius 1 is 1.19 bits per heavy atom. The standard InChI is InChI=1S/C20H17F3N4O3S2/c21-20(22,23)30-13-7-5-12(6-8-13)24-18-26-27-19(32-18)31-11-17(28)25-15-9-10-29-16-4-2-1-3-14(15)16/h1-8,15H,9-11H2,(H,24,26)(H,25,28). The molecule has 1 amide bonds. The molecule has 0 saturated heterocycles. The summed E-state index contributed by atoms with van der Waals surface area (Å²) in [5, 5.41) is 14.5. The van der Waals surface area contributed by atoms with Gasteiger partial charge in [0.05, 0.1) is 18.4 Å². The van der Waals surface area contributed by atoms with Crippen molar-refractivity contribution in [1.29, 1.82) is 0 Å². The minimum absolute atomic E-state index is 0.0935. The van der Waals surface area contributed by atoms with Crippen LogP contribution in [0.5, 0.6) is 11.5 Å². The lowest BCUT2D eigenvalue weighted by Crippen LogP contribution is -2.33. The van der Waals surface area contributed by atoms with Gasteiger partial charge in [0.15, 0.2) is 4.34 Å². The molecule has 2 aromatic carbocycles. The van der Waals surface area contributed by atoms with Crippen LogP contribution < -0.4 is 20.1 Å². The highest BCUT2D eigenvalue weighted by Crippen LogP contribution is 2.32. The van der Waals surface area contributed by atoms with E-state index in [4.69, 9.17) is 4.74 Å². The Bertz CT molecular complexity index is 1080. The highest BCUT2D eigenvalue weighted by atomic mass is 32.2. The molecule has 2 heterocycles. The van der Waals surface area contributed by atoms with Gasteiger partial charge in [0.1, 0.15) is 11.5 Å². The van der Waals surface area contributed by atoms with Gasteiger partial charge in [-0.25, -0.2) is 0 Å². The minimum Gasteiger partial charge on any atom is -0.493 e. The second-order valence-electron chi connectivity index (χ2n) is 6.65. The quantitative estimate of drug-likeness (QED) is 0.463. The summed E-state index contributed by atoms with van der Waals surface area (Å²) >= 11 is 2.49. The molecule has 7 nitrogen and oxygen atoms in total. The fourth-order valence-electron chi connectivity index (χ4n) is 3.04. The number of hydrogen-bond acceptors (Lipinski definition) is 8. The molecule has 0 radical (unpaired) electrons. The Kier molecular flexibility index (Phi) is 6.70. The van der Waals surface area contributed by atoms with E-state index >= 15 is 0 Å². The van der Waals surface area contributed by atoms with Crippen molar-refractivity contribution >= 4 is 39.8 Å². The number of fused-ring (bicyclic) bond motifs is 1. The van der Waals surface area contributed by atoms with Crippen LogP contribution in [0.15, 0.2) is 52.9 Å². The van der Waals surface area contributed by atoms with E-state index in [2.05, 4.69) is 25.6 Å². The summed E-state index contributed by atoms with van der Waals surface area (Å²) in [4.78, 5) is 12.4. The van der Waals surface area contributed by atoms with Gasteiger partial charge in [-0.15, -0.1) is 23.4 Å². The van der Waals surface area contributed by atoms with Crippen molar-refractivity contribution in [3.8, 4) is 11.5 Å². The fraction of sp³-hybridized carbons (Fsp3) is 0.250. The Hall–Kier alpha value is -2.99. The molecule has 1 aliphatic rings. The van der Waals surface area contributed by atoms with Gasteiger partial charge in [-0.2, -0.15) is 0 Å². The zero-order valence-corrected chi connectivity index (χ0v) is 18.0. The Balaban J connectivity index is 1.27. The number of benzene rings is 2. The third-order valence-electron chi connectivity index (χ3n) is 4.37. The Morgan fingerprint density at radius 3 is 2.75 bits per heavy atom. The minimum atomic E-state index is -4.74. The van der Waals surface area contributed by atoms with E-state index in [1.807, 2.05) is 24.3 Å². The van der Waals surface area contributed by atoms with Gasteiger partial charge in [-0.05, 0) is 30.3 Å². The van der Waals surface area contributed by atoms with Crippen LogP contribution in [-0.4, -0.2) is 34.8 Å². The maximum absolute atomic E-state index is 12.4. The number of thioether (sulfide) groups is 1. The van der Waals surface area contributed by atoms with Gasteiger partial charge >= 0.3 is 6.36 Å². The topological polar surface area (TPSA) is 85.4 Å². The lowest BCUT2D eigenvalue weighted by Gasteiger charge is -2.26. The molecule has 1 unspecified atom stereocenters. The van der Waals surface area contributed by atoms with Crippen LogP contribution in [0.25, 0.3) is 0 Å². The SMILES string of the molecule is O=C(CSc1nnc(Nc2ccc(OC(F)(F)F)cc2)s1)NC1CCOc2ccccc21. The molecule has 1 aliphatic heterocycles. The molecule has 4 rings (SSSR count). The van der Waals surface area contributed by atoms with Gasteiger partial charge in [-0.1, -0.05) is 41.3 Å². The number of aromatic nitrogens is 2. The summed E-state index contributed by atoms with van der Waals surface area (Å²) in [5.41, 5.74) is 1.49. The molecule has 2 N–H and O–H groups in total. The predicted molar refractivity (Wildman–Crippen MR) is 114 cm³/mol. The lowest BCUT2D eigenvalue weighted by atomic mass is 10.0. The Labute approximate surface area is 189 Å². The van der Waals surface area contributed by atoms with Gasteiger partial charge in [0.25, 0.3) is 0 Å². The molecule has 0 spiro atoms. The fourth-order valence-corrected chi connectivity index (χ4v) is 4.62. The third-order valence-corrected chi connectivity index (χ3v) is 6.34. The molecule has 1 aromatic heterocycles. The highest BCUT2D eigenvalue weighted by Gasteiger charge is 2.31. The van der Waals surface area contributed by atoms with Crippen molar-refractivity contribution in [2.24, 2.45) is 0 Å². The number of nitrogens with one attached hydrogen (secondary N) is 2. The van der Waals surface area contributed by atoms with Crippen molar-refractivity contribution in [2.45, 2.75) is 23.2 Å². The number of alkyl halides is 3. The largest absolute Gasteiger partial charge is 0.573 e. The second-order valence-corrected chi connectivity index (χ2v) is 8.85. The van der Waals surface area contributed by atoms with Crippen molar-refractivity contribution in [1.82, 2.24) is 15.5 Å². The number of rotatable bonds is 7. The number of anilines is 2. The highest BCUT2D eigenvalue weighted by molar-refractivity contribution is 8.01. The zero-order chi connectivity index (χ0) is 22.6. The van der Waals surface area contributed by atoms with E-state index in [1.165, 1.54) is 47.4 Å². The van der Waals surface area contributed by atoms with E-state index in [1.54, 1.807) is 0 Å². The molecular weight excluding hydrogens is 465 g/mol. The molecular formula is C20H17F3N4O3S2. The first-order valence-corrected chi connectivity index (χ1v) is 11.3. The first-order valence-electron chi connectivity index (χ1n) is 9.46. The monoisotopic (exact) mass is 482 g/mol. The molecule has 12 heteroatoms. The van der Waals surface area contributed by atoms with E-state index in [0.717, 1.165) is 11.3 Å². The van der Waals surface area contributed by atoms with Gasteiger partial charge < -0.3 is 20.1 Å². The summed E-state index contributed by atoms with van der Waals surface area (Å²) in [6.45, 7) is 0.545. The lowest BCUT2D eigenvalue weighted by molar-refractivity contribution is -0.274. The van der Waals surface area contributed by atoms with Crippen LogP contribution in [0, 0.1) is 0 Å². The molecule has 0 saturated carbocycles. The number of carbonyl (C=O) groups excluding carboxylic acids is 1. The molecule has 0 fully saturated rings. The maximum Gasteiger partial charge on any atom is 0.573 e. The van der Waals surface area contributed by atoms with Crippen LogP contribution >= 0.6 is 23.1 Å². The van der Waals surface area contributed by atoms with Crippen molar-refractivity contribution < 1.29 is 27.4 Å². The predicted octanol–water partition coefficient (Wildman–Crippen LogP) is 4.91. The Morgan fingerprint density at radius 2 is 1.97 bits per heavy atom. The number of halogens is 3. The molecule has 168 valence electrons. The summed E-state index contributed by atoms with van der Waals surface area (Å²) in [6.07, 6.45) is -4.03. The van der Waals surface area contributed by atoms with Gasteiger partial charge in [-0.3, -0.25) is 4.79 Å². The van der Waals surface area contributed by atoms with Crippen LogP contribution in [-0.2, 0) is 4.79 Å². The van der Waals surface area contributed by atoms with Crippen LogP contribution in [0.4, 0.5) is 24.0 Å². The maximum atomic E-state index is 12.4. The molecule has 1 atom stereocenters. The third kappa shape index (κ3) is 6.04. The number of ether oxygens (including phenoxy) is 2. The summed E-state index contributed by atoms with van der Waals surface area (Å²) < 4.78 is 46.7. The van der Waals surface area contributed by atoms with E-state index in [9.17, 15) is 18.0 Å². The average Bonchev–Trinajstić information content (AvgIpc) is 3.20. The van der Waals surface area contributed by atoms with Crippen LogP contribution in [0.3, 0.4) is 0 Å². The van der Waals surface area contributed by atoms with E-state index < -0.39 is 6.36 Å². The normalized spacial score (nSPS) is 15.4. The van der Waals surface area contributed by atoms with Crippen LogP contribution in [0.1, 0.15) is 18.0 Å². The second kappa shape index (κ2) is 9.65. The number of para-hydroxylation sites is 1. The molecule has 3 aromatic rings. The number of carbonyl (C=O) groups is 1. The van der Waals surface area contributed by atoms with Crippen LogP contribution in [0.2, 0.25) is 0 Å². The number of hydrogen-bond donors (Lipinski definition) is 2. The molecule has 0 aliphatic carbocycles. The molecule has 32 heavy (non-hydrogen) atoms. The smallest absolute Gasteiger partial charge is 0.493 e. The molecule has 0 bridgehead atoms. The first kappa shape index (κ1) is 22.2. The number of nitrogens with zero attached hydrogens (tertiary/aromatic N) is 2. The summed E-state index contributed by atoms with van der Waals surface area (Å²) in [7, 11) is 0. The van der Waals surface area contributed by atoms with Gasteiger partial charge in [0, 0.05) is 17.7 Å². The number of amides is 1. The van der Waals surface area contributed by atoms with Gasteiger partial charge in [0.2, 0.25) is 11.0 Å². The van der Waals surface area contributed by atoms with E-state index in [-0.39, 0.29) is 23.5 Å². The summed E-state index contributed by atoms with van der Waals surface area (Å²) in [6, 6.07) is 12.8. The summed E-state index contributed by atoms with van der Waals surface area (Å²) in [5.74, 6) is 0.531. The van der Waals surface area contributed by atoms with Crippen molar-refractivity contribution in [3.05, 3.63) is 54.1 Å². The van der Waals surface area contributed by atoms with Crippen molar-refractivity contribution in [2.75, 3.05) is 17.7 Å². The average molecular weight is 483 g/mol. The van der Waals surface area contributed by atoms with E-state index in [0.29, 0.717) is 28.2 Å². The zero-order valence-electron chi connectivity index (χ0n) is 16.4. The van der Waals surface area contributed by atoms with Crippen molar-refractivity contribution in [3.63, 3.8) is 0 Å². The first-order chi connectivity index (χ1) is 15.4.